The Hall–Kier alpha value is -3.71. The highest BCUT2D eigenvalue weighted by Crippen LogP contribution is 2.38. The third kappa shape index (κ3) is 2.17. The highest BCUT2D eigenvalue weighted by Gasteiger charge is 2.11. The fourth-order valence-corrected chi connectivity index (χ4v) is 4.42. The average Bonchev–Trinajstić information content (AvgIpc) is 2.78. The number of nitrogens with zero attached hydrogens (tertiary/aromatic N) is 1. The second kappa shape index (κ2) is 5.90. The van der Waals surface area contributed by atoms with Crippen molar-refractivity contribution in [2.24, 2.45) is 0 Å². The zero-order valence-corrected chi connectivity index (χ0v) is 15.3. The fraction of sp³-hybridized carbons (Fsp3) is 0. The van der Waals surface area contributed by atoms with E-state index in [1.165, 1.54) is 54.2 Å². The van der Waals surface area contributed by atoms with E-state index in [4.69, 9.17) is 0 Å². The molecule has 0 unspecified atom stereocenters. The summed E-state index contributed by atoms with van der Waals surface area (Å²) in [4.78, 5) is 4.50. The Morgan fingerprint density at radius 1 is 0.429 bits per heavy atom. The number of hydrogen-bond acceptors (Lipinski definition) is 1. The zero-order chi connectivity index (χ0) is 18.5. The maximum Gasteiger partial charge on any atom is 0.0353 e. The van der Waals surface area contributed by atoms with Gasteiger partial charge in [-0.2, -0.15) is 0 Å². The van der Waals surface area contributed by atoms with Gasteiger partial charge in [0, 0.05) is 28.7 Å². The highest BCUT2D eigenvalue weighted by molar-refractivity contribution is 6.24. The Kier molecular flexibility index (Phi) is 3.24. The molecule has 1 heterocycles. The van der Waals surface area contributed by atoms with Crippen molar-refractivity contribution in [2.45, 2.75) is 0 Å². The quantitative estimate of drug-likeness (QED) is 0.281. The van der Waals surface area contributed by atoms with Crippen LogP contribution >= 0.6 is 0 Å². The molecule has 5 aromatic carbocycles. The predicted molar refractivity (Wildman–Crippen MR) is 120 cm³/mol. The molecule has 6 rings (SSSR count). The summed E-state index contributed by atoms with van der Waals surface area (Å²) in [5.74, 6) is 0. The number of rotatable bonds is 1. The number of fused-ring (bicyclic) bond motifs is 7. The summed E-state index contributed by atoms with van der Waals surface area (Å²) in [5.41, 5.74) is 2.38. The Morgan fingerprint density at radius 3 is 1.96 bits per heavy atom. The average molecular weight is 355 g/mol. The van der Waals surface area contributed by atoms with Gasteiger partial charge < -0.3 is 0 Å². The van der Waals surface area contributed by atoms with Crippen molar-refractivity contribution in [3.8, 4) is 11.1 Å². The lowest BCUT2D eigenvalue weighted by Gasteiger charge is -2.12. The van der Waals surface area contributed by atoms with Crippen molar-refractivity contribution < 1.29 is 0 Å². The van der Waals surface area contributed by atoms with Gasteiger partial charge in [0.25, 0.3) is 0 Å². The molecule has 0 fully saturated rings. The monoisotopic (exact) mass is 355 g/mol. The second-order valence-electron chi connectivity index (χ2n) is 7.26. The van der Waals surface area contributed by atoms with Crippen LogP contribution in [0.1, 0.15) is 0 Å². The van der Waals surface area contributed by atoms with Gasteiger partial charge in [0.2, 0.25) is 0 Å². The molecule has 0 radical (unpaired) electrons. The van der Waals surface area contributed by atoms with E-state index in [9.17, 15) is 0 Å². The van der Waals surface area contributed by atoms with Gasteiger partial charge in [0.05, 0.1) is 0 Å². The van der Waals surface area contributed by atoms with E-state index < -0.39 is 0 Å². The number of aromatic nitrogens is 1. The largest absolute Gasteiger partial charge is 0.263 e. The van der Waals surface area contributed by atoms with E-state index in [1.807, 2.05) is 12.4 Å². The summed E-state index contributed by atoms with van der Waals surface area (Å²) in [6.07, 6.45) is 3.95. The van der Waals surface area contributed by atoms with Crippen LogP contribution < -0.4 is 0 Å². The predicted octanol–water partition coefficient (Wildman–Crippen LogP) is 7.36. The van der Waals surface area contributed by atoms with Crippen molar-refractivity contribution >= 4 is 43.1 Å². The Bertz CT molecular complexity index is 1500. The molecular weight excluding hydrogens is 338 g/mol. The molecule has 0 aliphatic carbocycles. The lowest BCUT2D eigenvalue weighted by molar-refractivity contribution is 1.36. The SMILES string of the molecule is c1ccc(-c2cncc3ccc4c5ccc6ccccc6c5ccc4c23)cc1. The minimum absolute atomic E-state index is 1.17. The molecule has 6 aromatic rings. The van der Waals surface area contributed by atoms with E-state index >= 15 is 0 Å². The maximum atomic E-state index is 4.50. The summed E-state index contributed by atoms with van der Waals surface area (Å²) in [7, 11) is 0. The van der Waals surface area contributed by atoms with Crippen LogP contribution in [0.3, 0.4) is 0 Å². The molecule has 0 spiro atoms. The molecule has 0 atom stereocenters. The van der Waals surface area contributed by atoms with Gasteiger partial charge in [0.15, 0.2) is 0 Å². The Morgan fingerprint density at radius 2 is 1.07 bits per heavy atom. The fourth-order valence-electron chi connectivity index (χ4n) is 4.42. The van der Waals surface area contributed by atoms with Crippen LogP contribution in [0.25, 0.3) is 54.2 Å². The lowest BCUT2D eigenvalue weighted by Crippen LogP contribution is -1.87. The van der Waals surface area contributed by atoms with Crippen molar-refractivity contribution in [3.63, 3.8) is 0 Å². The van der Waals surface area contributed by atoms with E-state index in [-0.39, 0.29) is 0 Å². The minimum Gasteiger partial charge on any atom is -0.263 e. The van der Waals surface area contributed by atoms with Crippen molar-refractivity contribution in [2.75, 3.05) is 0 Å². The topological polar surface area (TPSA) is 12.9 Å². The normalized spacial score (nSPS) is 11.6. The van der Waals surface area contributed by atoms with Crippen molar-refractivity contribution in [3.05, 3.63) is 103 Å². The maximum absolute atomic E-state index is 4.50. The first kappa shape index (κ1) is 15.4. The summed E-state index contributed by atoms with van der Waals surface area (Å²) in [6.45, 7) is 0. The number of pyridine rings is 1. The van der Waals surface area contributed by atoms with Crippen LogP contribution in [0.2, 0.25) is 0 Å². The van der Waals surface area contributed by atoms with Gasteiger partial charge in [-0.3, -0.25) is 4.98 Å². The molecule has 0 saturated heterocycles. The smallest absolute Gasteiger partial charge is 0.0353 e. The number of benzene rings is 5. The Labute approximate surface area is 162 Å². The molecule has 0 N–H and O–H groups in total. The van der Waals surface area contributed by atoms with Gasteiger partial charge in [-0.15, -0.1) is 0 Å². The summed E-state index contributed by atoms with van der Waals surface area (Å²) >= 11 is 0. The van der Waals surface area contributed by atoms with Gasteiger partial charge >= 0.3 is 0 Å². The standard InChI is InChI=1S/C27H17N/c1-2-6-18(7-3-1)26-17-28-16-20-11-13-24-23-12-10-19-8-4-5-9-21(19)22(23)14-15-25(24)27(20)26/h1-17H. The molecule has 130 valence electrons. The molecule has 0 aliphatic heterocycles. The summed E-state index contributed by atoms with van der Waals surface area (Å²) < 4.78 is 0. The molecule has 1 heteroatoms. The molecule has 0 amide bonds. The van der Waals surface area contributed by atoms with Crippen molar-refractivity contribution in [1.29, 1.82) is 0 Å². The zero-order valence-electron chi connectivity index (χ0n) is 15.3. The molecule has 0 bridgehead atoms. The highest BCUT2D eigenvalue weighted by atomic mass is 14.6. The minimum atomic E-state index is 1.17. The van der Waals surface area contributed by atoms with Crippen LogP contribution in [0.5, 0.6) is 0 Å². The molecule has 1 aromatic heterocycles. The van der Waals surface area contributed by atoms with Gasteiger partial charge in [0.1, 0.15) is 0 Å². The molecule has 0 saturated carbocycles. The first-order chi connectivity index (χ1) is 13.9. The molecule has 0 aliphatic rings. The van der Waals surface area contributed by atoms with E-state index in [1.54, 1.807) is 0 Å². The van der Waals surface area contributed by atoms with Gasteiger partial charge in [-0.25, -0.2) is 0 Å². The van der Waals surface area contributed by atoms with Crippen LogP contribution in [-0.2, 0) is 0 Å². The molecular formula is C27H17N. The third-order valence-electron chi connectivity index (χ3n) is 5.73. The van der Waals surface area contributed by atoms with Crippen LogP contribution in [0.4, 0.5) is 0 Å². The third-order valence-corrected chi connectivity index (χ3v) is 5.73. The van der Waals surface area contributed by atoms with Crippen molar-refractivity contribution in [1.82, 2.24) is 4.98 Å². The van der Waals surface area contributed by atoms with E-state index in [0.29, 0.717) is 0 Å². The summed E-state index contributed by atoms with van der Waals surface area (Å²) in [5, 5.41) is 10.2. The number of hydrogen-bond donors (Lipinski definition) is 0. The first-order valence-electron chi connectivity index (χ1n) is 9.56. The van der Waals surface area contributed by atoms with E-state index in [2.05, 4.69) is 96.0 Å². The van der Waals surface area contributed by atoms with Crippen LogP contribution in [0, 0.1) is 0 Å². The van der Waals surface area contributed by atoms with Crippen LogP contribution in [0.15, 0.2) is 103 Å². The van der Waals surface area contributed by atoms with Gasteiger partial charge in [-0.1, -0.05) is 91.0 Å². The Balaban J connectivity index is 1.79. The molecule has 1 nitrogen and oxygen atoms in total. The summed E-state index contributed by atoms with van der Waals surface area (Å²) in [6, 6.07) is 32.6. The van der Waals surface area contributed by atoms with E-state index in [0.717, 1.165) is 0 Å². The van der Waals surface area contributed by atoms with Crippen LogP contribution in [-0.4, -0.2) is 4.98 Å². The second-order valence-corrected chi connectivity index (χ2v) is 7.26. The van der Waals surface area contributed by atoms with Gasteiger partial charge in [-0.05, 0) is 37.9 Å². The first-order valence-corrected chi connectivity index (χ1v) is 9.56. The lowest BCUT2D eigenvalue weighted by atomic mass is 9.92. The molecule has 28 heavy (non-hydrogen) atoms.